The highest BCUT2D eigenvalue weighted by Gasteiger charge is 2.47. The van der Waals surface area contributed by atoms with Gasteiger partial charge in [0.25, 0.3) is 0 Å². The Balaban J connectivity index is 0.00000180. The number of nitrogens with two attached hydrogens (primary N) is 1. The predicted molar refractivity (Wildman–Crippen MR) is 80.5 cm³/mol. The minimum absolute atomic E-state index is 0. The van der Waals surface area contributed by atoms with Crippen LogP contribution in [0.3, 0.4) is 0 Å². The zero-order valence-electron chi connectivity index (χ0n) is 11.8. The van der Waals surface area contributed by atoms with E-state index in [0.717, 1.165) is 12.8 Å². The van der Waals surface area contributed by atoms with Crippen LogP contribution in [0.5, 0.6) is 0 Å². The molecule has 19 heavy (non-hydrogen) atoms. The van der Waals surface area contributed by atoms with Crippen LogP contribution < -0.4 is 11.1 Å². The Morgan fingerprint density at radius 1 is 1.32 bits per heavy atom. The summed E-state index contributed by atoms with van der Waals surface area (Å²) in [6.07, 6.45) is 1.61. The lowest BCUT2D eigenvalue weighted by molar-refractivity contribution is -0.124. The second-order valence-electron chi connectivity index (χ2n) is 5.94. The average molecular weight is 283 g/mol. The molecule has 1 atom stereocenters. The van der Waals surface area contributed by atoms with Crippen LogP contribution in [-0.4, -0.2) is 17.5 Å². The van der Waals surface area contributed by atoms with Crippen molar-refractivity contribution in [1.82, 2.24) is 5.32 Å². The maximum Gasteiger partial charge on any atom is 0.240 e. The molecule has 106 valence electrons. The largest absolute Gasteiger partial charge is 0.351 e. The fourth-order valence-corrected chi connectivity index (χ4v) is 2.00. The fourth-order valence-electron chi connectivity index (χ4n) is 2.00. The summed E-state index contributed by atoms with van der Waals surface area (Å²) in [4.78, 5) is 12.0. The molecule has 1 saturated carbocycles. The Hall–Kier alpha value is -1.06. The van der Waals surface area contributed by atoms with Gasteiger partial charge in [0.2, 0.25) is 5.91 Å². The highest BCUT2D eigenvalue weighted by molar-refractivity contribution is 5.89. The van der Waals surface area contributed by atoms with E-state index in [4.69, 9.17) is 5.73 Å². The number of hydrogen-bond donors (Lipinski definition) is 2. The number of halogens is 1. The van der Waals surface area contributed by atoms with E-state index in [0.29, 0.717) is 0 Å². The average Bonchev–Trinajstić information content (AvgIpc) is 3.09. The van der Waals surface area contributed by atoms with Crippen molar-refractivity contribution in [3.63, 3.8) is 0 Å². The van der Waals surface area contributed by atoms with Crippen molar-refractivity contribution in [1.29, 1.82) is 0 Å². The van der Waals surface area contributed by atoms with E-state index in [2.05, 4.69) is 31.3 Å². The quantitative estimate of drug-likeness (QED) is 0.891. The van der Waals surface area contributed by atoms with Crippen LogP contribution in [-0.2, 0) is 10.2 Å². The van der Waals surface area contributed by atoms with Gasteiger partial charge in [-0.05, 0) is 25.3 Å². The third-order valence-corrected chi connectivity index (χ3v) is 4.19. The number of amides is 1. The van der Waals surface area contributed by atoms with Gasteiger partial charge in [-0.15, -0.1) is 12.4 Å². The van der Waals surface area contributed by atoms with Crippen LogP contribution in [0, 0.1) is 0 Å². The van der Waals surface area contributed by atoms with Crippen LogP contribution >= 0.6 is 12.4 Å². The van der Waals surface area contributed by atoms with E-state index in [-0.39, 0.29) is 29.8 Å². The third-order valence-electron chi connectivity index (χ3n) is 4.19. The summed E-state index contributed by atoms with van der Waals surface area (Å²) >= 11 is 0. The molecular weight excluding hydrogens is 260 g/mol. The van der Waals surface area contributed by atoms with E-state index >= 15 is 0 Å². The van der Waals surface area contributed by atoms with Crippen LogP contribution in [0.15, 0.2) is 30.3 Å². The SMILES string of the molecule is CC(NC(=O)C1(N)CC1)C(C)(C)c1ccccc1.Cl. The Bertz CT molecular complexity index is 441. The van der Waals surface area contributed by atoms with Crippen molar-refractivity contribution < 1.29 is 4.79 Å². The van der Waals surface area contributed by atoms with Gasteiger partial charge in [-0.2, -0.15) is 0 Å². The van der Waals surface area contributed by atoms with Crippen LogP contribution in [0.2, 0.25) is 0 Å². The number of hydrogen-bond acceptors (Lipinski definition) is 2. The number of carbonyl (C=O) groups is 1. The molecule has 0 heterocycles. The predicted octanol–water partition coefficient (Wildman–Crippen LogP) is 2.38. The number of nitrogens with one attached hydrogen (secondary N) is 1. The first-order valence-electron chi connectivity index (χ1n) is 6.52. The maximum absolute atomic E-state index is 12.0. The molecule has 3 nitrogen and oxygen atoms in total. The molecule has 3 N–H and O–H groups in total. The summed E-state index contributed by atoms with van der Waals surface area (Å²) in [6.45, 7) is 6.32. The van der Waals surface area contributed by atoms with Gasteiger partial charge in [0.15, 0.2) is 0 Å². The van der Waals surface area contributed by atoms with E-state index in [1.807, 2.05) is 25.1 Å². The molecule has 0 bridgehead atoms. The molecule has 4 heteroatoms. The fraction of sp³-hybridized carbons (Fsp3) is 0.533. The van der Waals surface area contributed by atoms with Gasteiger partial charge in [-0.1, -0.05) is 44.2 Å². The van der Waals surface area contributed by atoms with Gasteiger partial charge in [-0.3, -0.25) is 4.79 Å². The normalized spacial score (nSPS) is 18.1. The number of carbonyl (C=O) groups excluding carboxylic acids is 1. The molecule has 1 amide bonds. The minimum atomic E-state index is -0.596. The lowest BCUT2D eigenvalue weighted by atomic mass is 9.78. The highest BCUT2D eigenvalue weighted by Crippen LogP contribution is 2.33. The summed E-state index contributed by atoms with van der Waals surface area (Å²) in [7, 11) is 0. The van der Waals surface area contributed by atoms with Crippen molar-refractivity contribution >= 4 is 18.3 Å². The van der Waals surface area contributed by atoms with E-state index in [1.54, 1.807) is 0 Å². The third kappa shape index (κ3) is 3.28. The Morgan fingerprint density at radius 2 is 1.84 bits per heavy atom. The summed E-state index contributed by atoms with van der Waals surface area (Å²) in [6, 6.07) is 10.3. The first kappa shape index (κ1) is 16.0. The molecule has 0 spiro atoms. The molecule has 0 aromatic heterocycles. The number of benzene rings is 1. The molecule has 1 fully saturated rings. The molecule has 0 aliphatic heterocycles. The lowest BCUT2D eigenvalue weighted by Gasteiger charge is -2.33. The highest BCUT2D eigenvalue weighted by atomic mass is 35.5. The first-order chi connectivity index (χ1) is 8.36. The van der Waals surface area contributed by atoms with E-state index in [9.17, 15) is 4.79 Å². The van der Waals surface area contributed by atoms with Crippen molar-refractivity contribution in [3.05, 3.63) is 35.9 Å². The van der Waals surface area contributed by atoms with Gasteiger partial charge in [0.1, 0.15) is 0 Å². The molecule has 1 aromatic rings. The van der Waals surface area contributed by atoms with Crippen LogP contribution in [0.1, 0.15) is 39.2 Å². The van der Waals surface area contributed by atoms with Gasteiger partial charge in [0, 0.05) is 11.5 Å². The van der Waals surface area contributed by atoms with Crippen LogP contribution in [0.25, 0.3) is 0 Å². The van der Waals surface area contributed by atoms with Crippen molar-refractivity contribution in [2.24, 2.45) is 5.73 Å². The molecule has 0 saturated heterocycles. The van der Waals surface area contributed by atoms with E-state index in [1.165, 1.54) is 5.56 Å². The topological polar surface area (TPSA) is 55.1 Å². The maximum atomic E-state index is 12.0. The van der Waals surface area contributed by atoms with Gasteiger partial charge >= 0.3 is 0 Å². The molecule has 1 aliphatic rings. The van der Waals surface area contributed by atoms with Crippen LogP contribution in [0.4, 0.5) is 0 Å². The molecule has 1 aliphatic carbocycles. The summed E-state index contributed by atoms with van der Waals surface area (Å²) < 4.78 is 0. The Kier molecular flexibility index (Phi) is 4.64. The Labute approximate surface area is 121 Å². The first-order valence-corrected chi connectivity index (χ1v) is 6.52. The number of rotatable bonds is 4. The van der Waals surface area contributed by atoms with Crippen molar-refractivity contribution in [2.75, 3.05) is 0 Å². The molecular formula is C15H23ClN2O. The van der Waals surface area contributed by atoms with Gasteiger partial charge in [-0.25, -0.2) is 0 Å². The van der Waals surface area contributed by atoms with Crippen molar-refractivity contribution in [2.45, 2.75) is 50.6 Å². The Morgan fingerprint density at radius 3 is 2.32 bits per heavy atom. The van der Waals surface area contributed by atoms with E-state index < -0.39 is 5.54 Å². The smallest absolute Gasteiger partial charge is 0.240 e. The van der Waals surface area contributed by atoms with Gasteiger partial charge < -0.3 is 11.1 Å². The second kappa shape index (κ2) is 5.51. The molecule has 2 rings (SSSR count). The summed E-state index contributed by atoms with van der Waals surface area (Å²) in [5, 5.41) is 3.06. The summed E-state index contributed by atoms with van der Waals surface area (Å²) in [5.74, 6) is -0.0148. The standard InChI is InChI=1S/C15H22N2O.ClH/c1-11(17-13(18)15(16)9-10-15)14(2,3)12-7-5-4-6-8-12;/h4-8,11H,9-10,16H2,1-3H3,(H,17,18);1H. The van der Waals surface area contributed by atoms with Crippen molar-refractivity contribution in [3.8, 4) is 0 Å². The molecule has 1 unspecified atom stereocenters. The monoisotopic (exact) mass is 282 g/mol. The molecule has 1 aromatic carbocycles. The lowest BCUT2D eigenvalue weighted by Crippen LogP contribution is -2.52. The van der Waals surface area contributed by atoms with Gasteiger partial charge in [0.05, 0.1) is 5.54 Å². The summed E-state index contributed by atoms with van der Waals surface area (Å²) in [5.41, 5.74) is 6.43. The minimum Gasteiger partial charge on any atom is -0.351 e. The molecule has 0 radical (unpaired) electrons. The zero-order valence-corrected chi connectivity index (χ0v) is 12.6. The zero-order chi connectivity index (χ0) is 13.4. The second-order valence-corrected chi connectivity index (χ2v) is 5.94.